The second-order valence-electron chi connectivity index (χ2n) is 5.30. The van der Waals surface area contributed by atoms with Crippen molar-refractivity contribution < 1.29 is 18.3 Å². The van der Waals surface area contributed by atoms with Crippen LogP contribution in [0.3, 0.4) is 0 Å². The Bertz CT molecular complexity index is 671. The fourth-order valence-electron chi connectivity index (χ4n) is 2.29. The van der Waals surface area contributed by atoms with Gasteiger partial charge in [-0.3, -0.25) is 4.98 Å². The number of urea groups is 1. The first kappa shape index (κ1) is 15.2. The van der Waals surface area contributed by atoms with Crippen molar-refractivity contribution in [1.29, 1.82) is 0 Å². The van der Waals surface area contributed by atoms with Gasteiger partial charge in [-0.2, -0.15) is 0 Å². The molecule has 1 aromatic heterocycles. The van der Waals surface area contributed by atoms with Crippen LogP contribution in [0.4, 0.5) is 19.3 Å². The minimum atomic E-state index is -0.796. The van der Waals surface area contributed by atoms with E-state index in [9.17, 15) is 13.6 Å². The molecule has 0 radical (unpaired) electrons. The number of hydrogen-bond acceptors (Lipinski definition) is 3. The Hall–Kier alpha value is -2.70. The quantitative estimate of drug-likeness (QED) is 0.943. The molecule has 1 N–H and O–H groups in total. The number of carbonyl (C=O) groups excluding carboxylic acids is 1. The van der Waals surface area contributed by atoms with E-state index in [4.69, 9.17) is 4.74 Å². The number of para-hydroxylation sites is 1. The summed E-state index contributed by atoms with van der Waals surface area (Å²) >= 11 is 0. The van der Waals surface area contributed by atoms with Crippen LogP contribution in [0.2, 0.25) is 0 Å². The van der Waals surface area contributed by atoms with Crippen molar-refractivity contribution in [2.75, 3.05) is 25.0 Å². The average molecular weight is 319 g/mol. The zero-order chi connectivity index (χ0) is 16.2. The minimum Gasteiger partial charge on any atom is -0.492 e. The Kier molecular flexibility index (Phi) is 4.36. The second kappa shape index (κ2) is 6.60. The molecule has 0 unspecified atom stereocenters. The molecule has 1 saturated heterocycles. The number of ether oxygens (including phenoxy) is 1. The maximum Gasteiger partial charge on any atom is 0.322 e. The highest BCUT2D eigenvalue weighted by Gasteiger charge is 2.31. The zero-order valence-electron chi connectivity index (χ0n) is 12.2. The number of halogens is 2. The molecule has 1 aromatic carbocycles. The first-order valence-electron chi connectivity index (χ1n) is 7.16. The lowest BCUT2D eigenvalue weighted by Crippen LogP contribution is -2.53. The Morgan fingerprint density at radius 3 is 2.65 bits per heavy atom. The van der Waals surface area contributed by atoms with Crippen molar-refractivity contribution in [2.24, 2.45) is 5.92 Å². The number of likely N-dealkylation sites (tertiary alicyclic amines) is 1. The van der Waals surface area contributed by atoms with Gasteiger partial charge < -0.3 is 15.0 Å². The van der Waals surface area contributed by atoms with Crippen LogP contribution in [0.15, 0.2) is 42.7 Å². The number of carbonyl (C=O) groups is 1. The molecule has 1 aliphatic heterocycles. The van der Waals surface area contributed by atoms with Crippen LogP contribution < -0.4 is 10.1 Å². The number of hydrogen-bond donors (Lipinski definition) is 1. The Morgan fingerprint density at radius 2 is 2.00 bits per heavy atom. The van der Waals surface area contributed by atoms with Crippen molar-refractivity contribution in [3.05, 3.63) is 54.4 Å². The molecule has 0 spiro atoms. The number of nitrogens with one attached hydrogen (secondary N) is 1. The average Bonchev–Trinajstić information content (AvgIpc) is 2.50. The highest BCUT2D eigenvalue weighted by atomic mass is 19.1. The third kappa shape index (κ3) is 3.56. The second-order valence-corrected chi connectivity index (χ2v) is 5.30. The van der Waals surface area contributed by atoms with Gasteiger partial charge >= 0.3 is 6.03 Å². The van der Waals surface area contributed by atoms with E-state index < -0.39 is 23.4 Å². The van der Waals surface area contributed by atoms with Gasteiger partial charge in [0.05, 0.1) is 12.8 Å². The van der Waals surface area contributed by atoms with Crippen LogP contribution in [-0.2, 0) is 0 Å². The summed E-state index contributed by atoms with van der Waals surface area (Å²) < 4.78 is 32.5. The third-order valence-electron chi connectivity index (χ3n) is 3.56. The van der Waals surface area contributed by atoms with Gasteiger partial charge in [0.1, 0.15) is 23.1 Å². The highest BCUT2D eigenvalue weighted by molar-refractivity contribution is 5.90. The number of anilines is 1. The highest BCUT2D eigenvalue weighted by Crippen LogP contribution is 2.22. The maximum absolute atomic E-state index is 13.5. The number of amides is 2. The molecule has 0 aliphatic carbocycles. The van der Waals surface area contributed by atoms with Crippen molar-refractivity contribution in [2.45, 2.75) is 0 Å². The number of pyridine rings is 1. The van der Waals surface area contributed by atoms with Gasteiger partial charge in [0.2, 0.25) is 0 Å². The van der Waals surface area contributed by atoms with E-state index in [0.29, 0.717) is 25.4 Å². The molecule has 120 valence electrons. The van der Waals surface area contributed by atoms with Gasteiger partial charge in [0.15, 0.2) is 0 Å². The molecule has 0 bridgehead atoms. The molecule has 5 nitrogen and oxygen atoms in total. The molecule has 23 heavy (non-hydrogen) atoms. The zero-order valence-corrected chi connectivity index (χ0v) is 12.2. The summed E-state index contributed by atoms with van der Waals surface area (Å²) in [7, 11) is 0. The van der Waals surface area contributed by atoms with Crippen molar-refractivity contribution >= 4 is 11.7 Å². The Labute approximate surface area is 131 Å². The summed E-state index contributed by atoms with van der Waals surface area (Å²) in [5, 5.41) is 2.26. The molecule has 7 heteroatoms. The number of aromatic nitrogens is 1. The van der Waals surface area contributed by atoms with Crippen LogP contribution in [0, 0.1) is 17.6 Å². The number of benzene rings is 1. The molecule has 3 rings (SSSR count). The first-order chi connectivity index (χ1) is 11.1. The molecular weight excluding hydrogens is 304 g/mol. The monoisotopic (exact) mass is 319 g/mol. The minimum absolute atomic E-state index is 0.187. The molecule has 0 saturated carbocycles. The SMILES string of the molecule is O=C(Nc1c(F)cccc1F)N1CC(COc2cccnc2)C1. The molecule has 2 aromatic rings. The largest absolute Gasteiger partial charge is 0.492 e. The number of nitrogens with zero attached hydrogens (tertiary/aromatic N) is 2. The predicted molar refractivity (Wildman–Crippen MR) is 80.2 cm³/mol. The van der Waals surface area contributed by atoms with E-state index in [1.54, 1.807) is 24.5 Å². The van der Waals surface area contributed by atoms with E-state index in [1.807, 2.05) is 0 Å². The van der Waals surface area contributed by atoms with Gasteiger partial charge in [-0.25, -0.2) is 13.6 Å². The van der Waals surface area contributed by atoms with Crippen molar-refractivity contribution in [3.8, 4) is 5.75 Å². The summed E-state index contributed by atoms with van der Waals surface area (Å²) in [5.41, 5.74) is -0.424. The standard InChI is InChI=1S/C16H15F2N3O2/c17-13-4-1-5-14(18)15(13)20-16(22)21-8-11(9-21)10-23-12-3-2-6-19-7-12/h1-7,11H,8-10H2,(H,20,22). The summed E-state index contributed by atoms with van der Waals surface area (Å²) in [5.74, 6) is -0.735. The Balaban J connectivity index is 1.47. The van der Waals surface area contributed by atoms with Gasteiger partial charge in [-0.15, -0.1) is 0 Å². The van der Waals surface area contributed by atoms with Crippen LogP contribution in [0.25, 0.3) is 0 Å². The summed E-state index contributed by atoms with van der Waals surface area (Å²) in [4.78, 5) is 17.4. The lowest BCUT2D eigenvalue weighted by Gasteiger charge is -2.38. The van der Waals surface area contributed by atoms with E-state index in [0.717, 1.165) is 12.1 Å². The molecule has 1 fully saturated rings. The third-order valence-corrected chi connectivity index (χ3v) is 3.56. The lowest BCUT2D eigenvalue weighted by molar-refractivity contribution is 0.0922. The van der Waals surface area contributed by atoms with Gasteiger partial charge in [0.25, 0.3) is 0 Å². The topological polar surface area (TPSA) is 54.5 Å². The lowest BCUT2D eigenvalue weighted by atomic mass is 10.0. The smallest absolute Gasteiger partial charge is 0.322 e. The first-order valence-corrected chi connectivity index (χ1v) is 7.16. The molecule has 0 atom stereocenters. The van der Waals surface area contributed by atoms with Gasteiger partial charge in [-0.1, -0.05) is 6.07 Å². The molecule has 1 aliphatic rings. The normalized spacial score (nSPS) is 14.3. The van der Waals surface area contributed by atoms with E-state index in [1.165, 1.54) is 11.0 Å². The van der Waals surface area contributed by atoms with Crippen molar-refractivity contribution in [3.63, 3.8) is 0 Å². The van der Waals surface area contributed by atoms with Crippen LogP contribution in [-0.4, -0.2) is 35.6 Å². The molecule has 2 amide bonds. The fourth-order valence-corrected chi connectivity index (χ4v) is 2.29. The summed E-state index contributed by atoms with van der Waals surface area (Å²) in [6.45, 7) is 1.41. The maximum atomic E-state index is 13.5. The molecular formula is C16H15F2N3O2. The van der Waals surface area contributed by atoms with Gasteiger partial charge in [0, 0.05) is 25.2 Å². The predicted octanol–water partition coefficient (Wildman–Crippen LogP) is 2.90. The van der Waals surface area contributed by atoms with E-state index >= 15 is 0 Å². The Morgan fingerprint density at radius 1 is 1.26 bits per heavy atom. The fraction of sp³-hybridized carbons (Fsp3) is 0.250. The van der Waals surface area contributed by atoms with Gasteiger partial charge in [-0.05, 0) is 24.3 Å². The summed E-state index contributed by atoms with van der Waals surface area (Å²) in [6, 6.07) is 6.50. The van der Waals surface area contributed by atoms with E-state index in [-0.39, 0.29) is 5.92 Å². The molecule has 2 heterocycles. The summed E-state index contributed by atoms with van der Waals surface area (Å²) in [6.07, 6.45) is 3.27. The van der Waals surface area contributed by atoms with E-state index in [2.05, 4.69) is 10.3 Å². The van der Waals surface area contributed by atoms with Crippen LogP contribution >= 0.6 is 0 Å². The van der Waals surface area contributed by atoms with Crippen LogP contribution in [0.1, 0.15) is 0 Å². The number of rotatable bonds is 4. The van der Waals surface area contributed by atoms with Crippen molar-refractivity contribution in [1.82, 2.24) is 9.88 Å². The van der Waals surface area contributed by atoms with Crippen LogP contribution in [0.5, 0.6) is 5.75 Å².